The average Bonchev–Trinajstić information content (AvgIpc) is 3.48. The summed E-state index contributed by atoms with van der Waals surface area (Å²) in [5.74, 6) is 0.544. The summed E-state index contributed by atoms with van der Waals surface area (Å²) in [7, 11) is 3.17. The Morgan fingerprint density at radius 1 is 0.977 bits per heavy atom. The summed E-state index contributed by atoms with van der Waals surface area (Å²) < 4.78 is 16.6. The van der Waals surface area contributed by atoms with Gasteiger partial charge in [0.25, 0.3) is 11.8 Å². The first-order valence-electron chi connectivity index (χ1n) is 14.1. The quantitative estimate of drug-likeness (QED) is 0.310. The topological polar surface area (TPSA) is 83.9 Å². The normalized spacial score (nSPS) is 17.0. The second-order valence-electron chi connectivity index (χ2n) is 10.3. The van der Waals surface area contributed by atoms with E-state index < -0.39 is 6.04 Å². The Kier molecular flexibility index (Phi) is 10.2. The van der Waals surface area contributed by atoms with Crippen LogP contribution in [0, 0.1) is 0 Å². The number of carbonyl (C=O) groups excluding carboxylic acids is 2. The van der Waals surface area contributed by atoms with Gasteiger partial charge in [-0.05, 0) is 36.4 Å². The van der Waals surface area contributed by atoms with Crippen LogP contribution in [0.4, 0.5) is 0 Å². The van der Waals surface area contributed by atoms with Crippen LogP contribution in [-0.2, 0) is 9.53 Å². The summed E-state index contributed by atoms with van der Waals surface area (Å²) in [5, 5.41) is 7.10. The third-order valence-electron chi connectivity index (χ3n) is 7.65. The number of ether oxygens (including phenoxy) is 3. The predicted octanol–water partition coefficient (Wildman–Crippen LogP) is 5.16. The lowest BCUT2D eigenvalue weighted by atomic mass is 9.97. The highest BCUT2D eigenvalue weighted by molar-refractivity contribution is 6.34. The molecule has 0 spiro atoms. The molecule has 1 fully saturated rings. The second-order valence-corrected chi connectivity index (χ2v) is 11.1. The molecular weight excluding hydrogens is 591 g/mol. The summed E-state index contributed by atoms with van der Waals surface area (Å²) in [6.07, 6.45) is 0.394. The van der Waals surface area contributed by atoms with E-state index in [0.717, 1.165) is 24.2 Å². The lowest BCUT2D eigenvalue weighted by Crippen LogP contribution is -2.46. The standard InChI is InChI=1S/C32H34Cl2N4O5/c1-41-22-11-12-30(42-2)25(19-22)29-20-28(23-7-3-5-9-26(23)33)35-38(29)31(39)21-37(14-13-36-15-17-43-18-16-36)32(40)24-8-4-6-10-27(24)34/h3-12,19,29H,13-18,20-21H2,1-2H3. The Bertz CT molecular complexity index is 1490. The zero-order valence-corrected chi connectivity index (χ0v) is 25.7. The van der Waals surface area contributed by atoms with Crippen molar-refractivity contribution in [2.24, 2.45) is 5.10 Å². The molecule has 0 aliphatic carbocycles. The van der Waals surface area contributed by atoms with E-state index in [0.29, 0.717) is 65.5 Å². The zero-order chi connectivity index (χ0) is 30.3. The molecule has 2 aliphatic heterocycles. The van der Waals surface area contributed by atoms with Gasteiger partial charge in [-0.15, -0.1) is 0 Å². The van der Waals surface area contributed by atoms with Crippen LogP contribution in [0.2, 0.25) is 10.0 Å². The molecule has 1 atom stereocenters. The number of hydrogen-bond acceptors (Lipinski definition) is 7. The first-order valence-corrected chi connectivity index (χ1v) is 14.9. The van der Waals surface area contributed by atoms with Crippen LogP contribution in [0.25, 0.3) is 0 Å². The molecule has 0 bridgehead atoms. The van der Waals surface area contributed by atoms with Gasteiger partial charge in [0.1, 0.15) is 18.0 Å². The molecule has 0 radical (unpaired) electrons. The number of amides is 2. The minimum absolute atomic E-state index is 0.198. The van der Waals surface area contributed by atoms with E-state index in [1.165, 1.54) is 5.01 Å². The van der Waals surface area contributed by atoms with E-state index in [2.05, 4.69) is 4.90 Å². The molecule has 5 rings (SSSR count). The van der Waals surface area contributed by atoms with Crippen molar-refractivity contribution >= 4 is 40.7 Å². The lowest BCUT2D eigenvalue weighted by molar-refractivity contribution is -0.133. The van der Waals surface area contributed by atoms with Crippen LogP contribution < -0.4 is 9.47 Å². The molecule has 2 amide bonds. The Labute approximate surface area is 261 Å². The lowest BCUT2D eigenvalue weighted by Gasteiger charge is -2.31. The van der Waals surface area contributed by atoms with Gasteiger partial charge in [0.15, 0.2) is 0 Å². The van der Waals surface area contributed by atoms with Crippen molar-refractivity contribution in [3.63, 3.8) is 0 Å². The summed E-state index contributed by atoms with van der Waals surface area (Å²) in [6, 6.07) is 19.2. The van der Waals surface area contributed by atoms with Crippen molar-refractivity contribution in [1.82, 2.24) is 14.8 Å². The molecule has 0 aromatic heterocycles. The van der Waals surface area contributed by atoms with Gasteiger partial charge in [0.2, 0.25) is 0 Å². The van der Waals surface area contributed by atoms with Crippen LogP contribution in [0.1, 0.15) is 33.9 Å². The molecule has 11 heteroatoms. The maximum atomic E-state index is 14.2. The summed E-state index contributed by atoms with van der Waals surface area (Å²) in [6.45, 7) is 3.51. The number of benzene rings is 3. The molecule has 0 N–H and O–H groups in total. The zero-order valence-electron chi connectivity index (χ0n) is 24.2. The van der Waals surface area contributed by atoms with E-state index >= 15 is 0 Å². The van der Waals surface area contributed by atoms with Crippen LogP contribution in [-0.4, -0.2) is 92.5 Å². The highest BCUT2D eigenvalue weighted by atomic mass is 35.5. The fourth-order valence-corrected chi connectivity index (χ4v) is 5.78. The number of rotatable bonds is 10. The number of nitrogens with zero attached hydrogens (tertiary/aromatic N) is 4. The minimum Gasteiger partial charge on any atom is -0.497 e. The molecule has 3 aromatic carbocycles. The van der Waals surface area contributed by atoms with Gasteiger partial charge in [-0.1, -0.05) is 53.5 Å². The van der Waals surface area contributed by atoms with Gasteiger partial charge in [-0.3, -0.25) is 14.5 Å². The number of carbonyl (C=O) groups is 2. The van der Waals surface area contributed by atoms with E-state index in [1.807, 2.05) is 24.3 Å². The van der Waals surface area contributed by atoms with Gasteiger partial charge in [-0.2, -0.15) is 5.10 Å². The van der Waals surface area contributed by atoms with Crippen LogP contribution in [0.5, 0.6) is 11.5 Å². The fraction of sp³-hybridized carbons (Fsp3) is 0.344. The van der Waals surface area contributed by atoms with Crippen LogP contribution in [0.3, 0.4) is 0 Å². The number of hydrazone groups is 1. The molecule has 226 valence electrons. The molecule has 1 unspecified atom stereocenters. The van der Waals surface area contributed by atoms with Crippen molar-refractivity contribution in [2.45, 2.75) is 12.5 Å². The van der Waals surface area contributed by atoms with Crippen molar-refractivity contribution < 1.29 is 23.8 Å². The van der Waals surface area contributed by atoms with Gasteiger partial charge in [0, 0.05) is 48.7 Å². The summed E-state index contributed by atoms with van der Waals surface area (Å²) in [4.78, 5) is 31.7. The maximum absolute atomic E-state index is 14.2. The maximum Gasteiger partial charge on any atom is 0.262 e. The number of methoxy groups -OCH3 is 2. The highest BCUT2D eigenvalue weighted by Gasteiger charge is 2.37. The monoisotopic (exact) mass is 624 g/mol. The summed E-state index contributed by atoms with van der Waals surface area (Å²) >= 11 is 13.0. The van der Waals surface area contributed by atoms with Crippen LogP contribution in [0.15, 0.2) is 71.8 Å². The van der Waals surface area contributed by atoms with E-state index in [1.54, 1.807) is 61.6 Å². The molecule has 2 aliphatic rings. The van der Waals surface area contributed by atoms with E-state index in [-0.39, 0.29) is 18.4 Å². The van der Waals surface area contributed by atoms with Crippen molar-refractivity contribution in [3.8, 4) is 11.5 Å². The van der Waals surface area contributed by atoms with Crippen LogP contribution >= 0.6 is 23.2 Å². The van der Waals surface area contributed by atoms with E-state index in [9.17, 15) is 9.59 Å². The average molecular weight is 626 g/mol. The second kappa shape index (κ2) is 14.2. The molecule has 3 aromatic rings. The fourth-order valence-electron chi connectivity index (χ4n) is 5.32. The smallest absolute Gasteiger partial charge is 0.262 e. The summed E-state index contributed by atoms with van der Waals surface area (Å²) in [5.41, 5.74) is 2.47. The SMILES string of the molecule is COc1ccc(OC)c(C2CC(c3ccccc3Cl)=NN2C(=O)CN(CCN2CCOCC2)C(=O)c2ccccc2Cl)c1. The highest BCUT2D eigenvalue weighted by Crippen LogP contribution is 2.40. The number of morpholine rings is 1. The predicted molar refractivity (Wildman–Crippen MR) is 166 cm³/mol. The minimum atomic E-state index is -0.514. The Hall–Kier alpha value is -3.63. The first-order chi connectivity index (χ1) is 20.9. The van der Waals surface area contributed by atoms with Gasteiger partial charge in [0.05, 0.1) is 49.8 Å². The molecule has 9 nitrogen and oxygen atoms in total. The molecule has 1 saturated heterocycles. The van der Waals surface area contributed by atoms with Gasteiger partial charge < -0.3 is 19.1 Å². The Morgan fingerprint density at radius 2 is 1.70 bits per heavy atom. The largest absolute Gasteiger partial charge is 0.497 e. The van der Waals surface area contributed by atoms with Crippen molar-refractivity contribution in [3.05, 3.63) is 93.5 Å². The Balaban J connectivity index is 1.48. The number of hydrogen-bond donors (Lipinski definition) is 0. The first kappa shape index (κ1) is 30.8. The third kappa shape index (κ3) is 7.13. The van der Waals surface area contributed by atoms with Gasteiger partial charge >= 0.3 is 0 Å². The Morgan fingerprint density at radius 3 is 2.40 bits per heavy atom. The molecular formula is C32H34Cl2N4O5. The van der Waals surface area contributed by atoms with Crippen molar-refractivity contribution in [2.75, 3.05) is 60.2 Å². The third-order valence-corrected chi connectivity index (χ3v) is 8.31. The molecule has 43 heavy (non-hydrogen) atoms. The molecule has 2 heterocycles. The van der Waals surface area contributed by atoms with Gasteiger partial charge in [-0.25, -0.2) is 5.01 Å². The van der Waals surface area contributed by atoms with E-state index in [4.69, 9.17) is 42.5 Å². The molecule has 0 saturated carbocycles. The number of halogens is 2. The van der Waals surface area contributed by atoms with Crippen molar-refractivity contribution in [1.29, 1.82) is 0 Å².